The van der Waals surface area contributed by atoms with Crippen LogP contribution >= 0.6 is 0 Å². The van der Waals surface area contributed by atoms with E-state index in [0.29, 0.717) is 0 Å². The lowest BCUT2D eigenvalue weighted by atomic mass is 9.89. The molecular weight excluding hydrogens is 338 g/mol. The van der Waals surface area contributed by atoms with Crippen molar-refractivity contribution in [1.29, 1.82) is 0 Å². The molecule has 3 heteroatoms. The fraction of sp³-hybridized carbons (Fsp3) is 0.174. The zero-order valence-electron chi connectivity index (χ0n) is 14.8. The standard InChI is InChI=1S/C23H21NOS/c1-17-10-14-20(15-11-17)26(25)24-16-23-21-8-4-2-6-18(21)12-13-19-7-3-5-9-22(19)23/h2-11,14-16,23H,12-13H2,1H3. The van der Waals surface area contributed by atoms with Gasteiger partial charge in [0, 0.05) is 12.1 Å². The summed E-state index contributed by atoms with van der Waals surface area (Å²) in [6, 6.07) is 24.8. The third-order valence-corrected chi connectivity index (χ3v) is 5.96. The maximum absolute atomic E-state index is 12.6. The Balaban J connectivity index is 1.73. The molecule has 0 aromatic heterocycles. The number of nitrogens with zero attached hydrogens (tertiary/aromatic N) is 1. The Labute approximate surface area is 157 Å². The van der Waals surface area contributed by atoms with Gasteiger partial charge in [0.15, 0.2) is 11.0 Å². The molecule has 130 valence electrons. The quantitative estimate of drug-likeness (QED) is 0.604. The predicted molar refractivity (Wildman–Crippen MR) is 108 cm³/mol. The van der Waals surface area contributed by atoms with Gasteiger partial charge in [-0.25, -0.2) is 4.21 Å². The van der Waals surface area contributed by atoms with Gasteiger partial charge >= 0.3 is 0 Å². The Morgan fingerprint density at radius 3 is 1.96 bits per heavy atom. The van der Waals surface area contributed by atoms with Gasteiger partial charge in [-0.3, -0.25) is 0 Å². The lowest BCUT2D eigenvalue weighted by molar-refractivity contribution is 0.684. The zero-order chi connectivity index (χ0) is 17.9. The van der Waals surface area contributed by atoms with Gasteiger partial charge in [0.25, 0.3) is 0 Å². The highest BCUT2D eigenvalue weighted by molar-refractivity contribution is 7.83. The summed E-state index contributed by atoms with van der Waals surface area (Å²) in [5, 5.41) is 0. The molecule has 0 saturated heterocycles. The maximum Gasteiger partial charge on any atom is 0.172 e. The number of hydrogen-bond acceptors (Lipinski definition) is 1. The Kier molecular flexibility index (Phi) is 4.81. The van der Waals surface area contributed by atoms with Gasteiger partial charge < -0.3 is 0 Å². The van der Waals surface area contributed by atoms with E-state index < -0.39 is 11.0 Å². The minimum absolute atomic E-state index is 0.0410. The van der Waals surface area contributed by atoms with Crippen LogP contribution in [-0.2, 0) is 23.8 Å². The highest BCUT2D eigenvalue weighted by Gasteiger charge is 2.22. The van der Waals surface area contributed by atoms with Crippen LogP contribution < -0.4 is 0 Å². The second kappa shape index (κ2) is 7.38. The first kappa shape index (κ1) is 16.9. The fourth-order valence-electron chi connectivity index (χ4n) is 3.56. The van der Waals surface area contributed by atoms with Gasteiger partial charge in [-0.05, 0) is 54.2 Å². The zero-order valence-corrected chi connectivity index (χ0v) is 15.6. The molecule has 0 fully saturated rings. The van der Waals surface area contributed by atoms with Crippen LogP contribution in [0, 0.1) is 6.92 Å². The van der Waals surface area contributed by atoms with Crippen molar-refractivity contribution in [3.05, 3.63) is 101 Å². The highest BCUT2D eigenvalue weighted by Crippen LogP contribution is 2.33. The third-order valence-electron chi connectivity index (χ3n) is 4.97. The first-order valence-electron chi connectivity index (χ1n) is 8.91. The number of aryl methyl sites for hydroxylation is 3. The Morgan fingerprint density at radius 2 is 1.38 bits per heavy atom. The van der Waals surface area contributed by atoms with Crippen molar-refractivity contribution in [2.45, 2.75) is 30.6 Å². The fourth-order valence-corrected chi connectivity index (χ4v) is 4.28. The molecule has 4 rings (SSSR count). The number of fused-ring (bicyclic) bond motifs is 2. The smallest absolute Gasteiger partial charge is 0.172 e. The SMILES string of the molecule is Cc1ccc(S(=O)N=CC2c3ccccc3CCc3ccccc32)cc1. The van der Waals surface area contributed by atoms with Crippen LogP contribution in [0.2, 0.25) is 0 Å². The van der Waals surface area contributed by atoms with E-state index in [2.05, 4.69) is 52.9 Å². The second-order valence-electron chi connectivity index (χ2n) is 6.69. The number of benzene rings is 3. The van der Waals surface area contributed by atoms with E-state index in [-0.39, 0.29) is 5.92 Å². The molecule has 0 saturated carbocycles. The second-order valence-corrected chi connectivity index (χ2v) is 7.87. The van der Waals surface area contributed by atoms with Gasteiger partial charge in [-0.2, -0.15) is 4.40 Å². The molecule has 2 nitrogen and oxygen atoms in total. The average molecular weight is 359 g/mol. The van der Waals surface area contributed by atoms with Crippen molar-refractivity contribution >= 4 is 17.2 Å². The maximum atomic E-state index is 12.6. The van der Waals surface area contributed by atoms with E-state index in [0.717, 1.165) is 23.3 Å². The average Bonchev–Trinajstić information content (AvgIpc) is 2.84. The Hall–Kier alpha value is -2.52. The summed E-state index contributed by atoms with van der Waals surface area (Å²) in [6.45, 7) is 2.02. The van der Waals surface area contributed by atoms with Gasteiger partial charge in [0.05, 0.1) is 4.90 Å². The van der Waals surface area contributed by atoms with Crippen LogP contribution in [0.1, 0.15) is 33.7 Å². The molecule has 0 amide bonds. The summed E-state index contributed by atoms with van der Waals surface area (Å²) in [5.74, 6) is 0.0410. The van der Waals surface area contributed by atoms with Crippen molar-refractivity contribution in [3.8, 4) is 0 Å². The molecule has 3 aromatic rings. The van der Waals surface area contributed by atoms with Crippen molar-refractivity contribution in [2.75, 3.05) is 0 Å². The molecule has 1 aliphatic rings. The minimum atomic E-state index is -1.38. The highest BCUT2D eigenvalue weighted by atomic mass is 32.2. The molecule has 3 aromatic carbocycles. The largest absolute Gasteiger partial charge is 0.230 e. The summed E-state index contributed by atoms with van der Waals surface area (Å²) in [5.41, 5.74) is 6.38. The van der Waals surface area contributed by atoms with E-state index >= 15 is 0 Å². The topological polar surface area (TPSA) is 29.4 Å². The van der Waals surface area contributed by atoms with Crippen LogP contribution in [0.4, 0.5) is 0 Å². The first-order chi connectivity index (χ1) is 12.7. The van der Waals surface area contributed by atoms with Crippen LogP contribution in [0.25, 0.3) is 0 Å². The van der Waals surface area contributed by atoms with E-state index in [9.17, 15) is 4.21 Å². The lowest BCUT2D eigenvalue weighted by Gasteiger charge is -2.16. The van der Waals surface area contributed by atoms with Gasteiger partial charge in [0.2, 0.25) is 0 Å². The third kappa shape index (κ3) is 3.40. The molecular formula is C23H21NOS. The molecule has 0 bridgehead atoms. The van der Waals surface area contributed by atoms with Crippen LogP contribution in [0.3, 0.4) is 0 Å². The molecule has 0 spiro atoms. The summed E-state index contributed by atoms with van der Waals surface area (Å²) in [4.78, 5) is 0.738. The van der Waals surface area contributed by atoms with Gasteiger partial charge in [-0.1, -0.05) is 66.2 Å². The van der Waals surface area contributed by atoms with Crippen molar-refractivity contribution < 1.29 is 4.21 Å². The van der Waals surface area contributed by atoms with Crippen molar-refractivity contribution in [2.24, 2.45) is 4.40 Å². The van der Waals surface area contributed by atoms with Gasteiger partial charge in [-0.15, -0.1) is 0 Å². The van der Waals surface area contributed by atoms with Crippen LogP contribution in [-0.4, -0.2) is 10.4 Å². The molecule has 1 aliphatic carbocycles. The monoisotopic (exact) mass is 359 g/mol. The summed E-state index contributed by atoms with van der Waals surface area (Å²) >= 11 is 0. The van der Waals surface area contributed by atoms with Crippen LogP contribution in [0.15, 0.2) is 82.1 Å². The first-order valence-corrected chi connectivity index (χ1v) is 10.0. The predicted octanol–water partition coefficient (Wildman–Crippen LogP) is 5.02. The lowest BCUT2D eigenvalue weighted by Crippen LogP contribution is -2.06. The van der Waals surface area contributed by atoms with Crippen LogP contribution in [0.5, 0.6) is 0 Å². The molecule has 0 heterocycles. The Morgan fingerprint density at radius 1 is 0.846 bits per heavy atom. The van der Waals surface area contributed by atoms with E-state index in [4.69, 9.17) is 0 Å². The number of hydrogen-bond donors (Lipinski definition) is 0. The van der Waals surface area contributed by atoms with E-state index in [1.54, 1.807) is 0 Å². The Bertz CT molecular complexity index is 928. The summed E-state index contributed by atoms with van der Waals surface area (Å²) < 4.78 is 17.1. The normalized spacial score (nSPS) is 15.3. The van der Waals surface area contributed by atoms with Gasteiger partial charge in [0.1, 0.15) is 0 Å². The van der Waals surface area contributed by atoms with E-state index in [1.807, 2.05) is 37.4 Å². The molecule has 0 N–H and O–H groups in total. The molecule has 26 heavy (non-hydrogen) atoms. The van der Waals surface area contributed by atoms with Crippen molar-refractivity contribution in [3.63, 3.8) is 0 Å². The molecule has 0 aliphatic heterocycles. The molecule has 0 radical (unpaired) electrons. The van der Waals surface area contributed by atoms with Crippen molar-refractivity contribution in [1.82, 2.24) is 0 Å². The summed E-state index contributed by atoms with van der Waals surface area (Å²) in [7, 11) is -1.38. The minimum Gasteiger partial charge on any atom is -0.230 e. The molecule has 1 atom stereocenters. The van der Waals surface area contributed by atoms with E-state index in [1.165, 1.54) is 22.3 Å². The molecule has 1 unspecified atom stereocenters. The number of rotatable bonds is 3. The summed E-state index contributed by atoms with van der Waals surface area (Å²) in [6.07, 6.45) is 3.93.